The van der Waals surface area contributed by atoms with E-state index in [1.54, 1.807) is 24.3 Å². The first-order valence-corrected chi connectivity index (χ1v) is 6.53. The number of aromatic nitrogens is 2. The summed E-state index contributed by atoms with van der Waals surface area (Å²) >= 11 is 5.83. The molecule has 0 aliphatic heterocycles. The molecule has 0 spiro atoms. The van der Waals surface area contributed by atoms with Crippen LogP contribution in [0.15, 0.2) is 57.8 Å². The molecule has 2 aromatic carbocycles. The SMILES string of the molecule is O=c1onc(-c2ccc(Cl)cc2)n1-c1ccc([N+](=O)[O-])cc1. The van der Waals surface area contributed by atoms with Crippen molar-refractivity contribution in [2.24, 2.45) is 0 Å². The van der Waals surface area contributed by atoms with Gasteiger partial charge in [0.05, 0.1) is 10.6 Å². The summed E-state index contributed by atoms with van der Waals surface area (Å²) in [5, 5.41) is 15.0. The minimum atomic E-state index is -0.682. The maximum atomic E-state index is 11.9. The van der Waals surface area contributed by atoms with Crippen LogP contribution in [-0.4, -0.2) is 14.6 Å². The zero-order valence-corrected chi connectivity index (χ0v) is 11.7. The first-order chi connectivity index (χ1) is 10.6. The van der Waals surface area contributed by atoms with Crippen molar-refractivity contribution < 1.29 is 9.45 Å². The Kier molecular flexibility index (Phi) is 3.48. The molecule has 0 radical (unpaired) electrons. The van der Waals surface area contributed by atoms with Gasteiger partial charge in [-0.25, -0.2) is 9.36 Å². The van der Waals surface area contributed by atoms with Crippen molar-refractivity contribution in [3.63, 3.8) is 0 Å². The van der Waals surface area contributed by atoms with Gasteiger partial charge in [0.1, 0.15) is 0 Å². The van der Waals surface area contributed by atoms with E-state index in [1.807, 2.05) is 0 Å². The fraction of sp³-hybridized carbons (Fsp3) is 0. The van der Waals surface area contributed by atoms with E-state index in [9.17, 15) is 14.9 Å². The van der Waals surface area contributed by atoms with Gasteiger partial charge in [0.25, 0.3) is 5.69 Å². The van der Waals surface area contributed by atoms with Crippen LogP contribution in [0.1, 0.15) is 0 Å². The summed E-state index contributed by atoms with van der Waals surface area (Å²) in [4.78, 5) is 22.0. The number of rotatable bonds is 3. The maximum Gasteiger partial charge on any atom is 0.446 e. The molecule has 7 nitrogen and oxygen atoms in total. The number of nitrogens with zero attached hydrogens (tertiary/aromatic N) is 3. The molecule has 1 aromatic heterocycles. The van der Waals surface area contributed by atoms with Crippen molar-refractivity contribution in [1.29, 1.82) is 0 Å². The zero-order chi connectivity index (χ0) is 15.7. The second kappa shape index (κ2) is 5.45. The third kappa shape index (κ3) is 2.49. The minimum Gasteiger partial charge on any atom is -0.295 e. The third-order valence-electron chi connectivity index (χ3n) is 3.03. The highest BCUT2D eigenvalue weighted by Crippen LogP contribution is 2.22. The van der Waals surface area contributed by atoms with Crippen LogP contribution in [0.5, 0.6) is 0 Å². The molecule has 8 heteroatoms. The lowest BCUT2D eigenvalue weighted by Gasteiger charge is -2.04. The van der Waals surface area contributed by atoms with Gasteiger partial charge in [-0.15, -0.1) is 0 Å². The minimum absolute atomic E-state index is 0.0682. The average Bonchev–Trinajstić information content (AvgIpc) is 2.90. The quantitative estimate of drug-likeness (QED) is 0.547. The van der Waals surface area contributed by atoms with E-state index in [2.05, 4.69) is 5.16 Å². The molecule has 0 aliphatic carbocycles. The topological polar surface area (TPSA) is 91.2 Å². The molecule has 0 atom stereocenters. The molecule has 0 aliphatic rings. The van der Waals surface area contributed by atoms with Crippen LogP contribution >= 0.6 is 11.6 Å². The molecule has 0 bridgehead atoms. The van der Waals surface area contributed by atoms with E-state index >= 15 is 0 Å². The monoisotopic (exact) mass is 317 g/mol. The largest absolute Gasteiger partial charge is 0.446 e. The summed E-state index contributed by atoms with van der Waals surface area (Å²) in [6.07, 6.45) is 0. The van der Waals surface area contributed by atoms with Gasteiger partial charge >= 0.3 is 5.76 Å². The summed E-state index contributed by atoms with van der Waals surface area (Å²) in [7, 11) is 0. The van der Waals surface area contributed by atoms with Crippen molar-refractivity contribution in [3.8, 4) is 17.1 Å². The predicted octanol–water partition coefficient (Wildman–Crippen LogP) is 3.05. The van der Waals surface area contributed by atoms with E-state index in [-0.39, 0.29) is 11.5 Å². The summed E-state index contributed by atoms with van der Waals surface area (Å²) < 4.78 is 5.93. The van der Waals surface area contributed by atoms with Crippen molar-refractivity contribution in [2.75, 3.05) is 0 Å². The first-order valence-electron chi connectivity index (χ1n) is 6.16. The number of nitro benzene ring substituents is 1. The molecule has 3 aromatic rings. The van der Waals surface area contributed by atoms with Gasteiger partial charge in [-0.3, -0.25) is 14.6 Å². The van der Waals surface area contributed by atoms with Crippen LogP contribution in [-0.2, 0) is 0 Å². The molecule has 0 saturated heterocycles. The molecule has 0 N–H and O–H groups in total. The van der Waals surface area contributed by atoms with Crippen molar-refractivity contribution in [2.45, 2.75) is 0 Å². The molecule has 3 rings (SSSR count). The zero-order valence-electron chi connectivity index (χ0n) is 11.0. The predicted molar refractivity (Wildman–Crippen MR) is 79.2 cm³/mol. The normalized spacial score (nSPS) is 10.6. The second-order valence-corrected chi connectivity index (χ2v) is 4.82. The van der Waals surface area contributed by atoms with Crippen LogP contribution in [0.2, 0.25) is 5.02 Å². The fourth-order valence-corrected chi connectivity index (χ4v) is 2.11. The Morgan fingerprint density at radius 1 is 1.09 bits per heavy atom. The molecule has 0 fully saturated rings. The smallest absolute Gasteiger partial charge is 0.295 e. The average molecular weight is 318 g/mol. The fourth-order valence-electron chi connectivity index (χ4n) is 1.98. The lowest BCUT2D eigenvalue weighted by atomic mass is 10.2. The van der Waals surface area contributed by atoms with Gasteiger partial charge in [0.2, 0.25) is 0 Å². The van der Waals surface area contributed by atoms with E-state index in [0.717, 1.165) is 0 Å². The highest BCUT2D eigenvalue weighted by molar-refractivity contribution is 6.30. The first kappa shape index (κ1) is 14.0. The van der Waals surface area contributed by atoms with Crippen molar-refractivity contribution in [1.82, 2.24) is 9.72 Å². The highest BCUT2D eigenvalue weighted by atomic mass is 35.5. The molecule has 0 amide bonds. The Bertz CT molecular complexity index is 882. The van der Waals surface area contributed by atoms with Gasteiger partial charge in [0.15, 0.2) is 5.82 Å². The summed E-state index contributed by atoms with van der Waals surface area (Å²) in [6, 6.07) is 12.2. The van der Waals surface area contributed by atoms with Gasteiger partial charge in [-0.05, 0) is 36.4 Å². The third-order valence-corrected chi connectivity index (χ3v) is 3.28. The van der Waals surface area contributed by atoms with E-state index in [0.29, 0.717) is 16.3 Å². The summed E-state index contributed by atoms with van der Waals surface area (Å²) in [5.41, 5.74) is 0.983. The van der Waals surface area contributed by atoms with Crippen LogP contribution in [0.4, 0.5) is 5.69 Å². The van der Waals surface area contributed by atoms with Crippen molar-refractivity contribution >= 4 is 17.3 Å². The number of hydrogen-bond donors (Lipinski definition) is 0. The standard InChI is InChI=1S/C14H8ClN3O4/c15-10-3-1-9(2-4-10)13-16-22-14(19)17(13)11-5-7-12(8-6-11)18(20)21/h1-8H. The van der Waals surface area contributed by atoms with E-state index in [1.165, 1.54) is 28.8 Å². The maximum absolute atomic E-state index is 11.9. The van der Waals surface area contributed by atoms with Gasteiger partial charge in [-0.1, -0.05) is 16.8 Å². The van der Waals surface area contributed by atoms with Crippen molar-refractivity contribution in [3.05, 3.63) is 74.2 Å². The number of halogens is 1. The summed E-state index contributed by atoms with van der Waals surface area (Å²) in [6.45, 7) is 0. The Hall–Kier alpha value is -2.93. The molecule has 1 heterocycles. The molecule has 22 heavy (non-hydrogen) atoms. The number of hydrogen-bond acceptors (Lipinski definition) is 5. The van der Waals surface area contributed by atoms with Crippen LogP contribution in [0.25, 0.3) is 17.1 Å². The lowest BCUT2D eigenvalue weighted by molar-refractivity contribution is -0.384. The Morgan fingerprint density at radius 2 is 1.73 bits per heavy atom. The number of non-ortho nitro benzene ring substituents is 1. The second-order valence-electron chi connectivity index (χ2n) is 4.39. The Balaban J connectivity index is 2.11. The van der Waals surface area contributed by atoms with Gasteiger partial charge < -0.3 is 0 Å². The number of nitro groups is 1. The molecular weight excluding hydrogens is 310 g/mol. The van der Waals surface area contributed by atoms with Gasteiger partial charge in [0, 0.05) is 22.7 Å². The number of benzene rings is 2. The van der Waals surface area contributed by atoms with Crippen LogP contribution in [0, 0.1) is 10.1 Å². The highest BCUT2D eigenvalue weighted by Gasteiger charge is 2.15. The van der Waals surface area contributed by atoms with Crippen LogP contribution in [0.3, 0.4) is 0 Å². The van der Waals surface area contributed by atoms with E-state index in [4.69, 9.17) is 16.1 Å². The van der Waals surface area contributed by atoms with Gasteiger partial charge in [-0.2, -0.15) is 0 Å². The molecule has 110 valence electrons. The molecule has 0 saturated carbocycles. The Labute approximate surface area is 128 Å². The van der Waals surface area contributed by atoms with Crippen LogP contribution < -0.4 is 5.76 Å². The lowest BCUT2D eigenvalue weighted by Crippen LogP contribution is -2.13. The van der Waals surface area contributed by atoms with E-state index < -0.39 is 10.7 Å². The molecule has 0 unspecified atom stereocenters. The molecular formula is C14H8ClN3O4. The summed E-state index contributed by atoms with van der Waals surface area (Å²) in [5.74, 6) is -0.394. The Morgan fingerprint density at radius 3 is 2.32 bits per heavy atom.